The molecule has 2 aromatic rings. The van der Waals surface area contributed by atoms with E-state index in [1.165, 1.54) is 0 Å². The minimum absolute atomic E-state index is 0.0277. The third-order valence-electron chi connectivity index (χ3n) is 4.30. The Morgan fingerprint density at radius 2 is 2.08 bits per heavy atom. The highest BCUT2D eigenvalue weighted by molar-refractivity contribution is 5.94. The molecular weight excluding hydrogens is 328 g/mol. The van der Waals surface area contributed by atoms with E-state index in [0.717, 1.165) is 24.6 Å². The number of halogens is 2. The van der Waals surface area contributed by atoms with Crippen LogP contribution < -0.4 is 5.73 Å². The van der Waals surface area contributed by atoms with Gasteiger partial charge in [0.2, 0.25) is 0 Å². The molecule has 1 fully saturated rings. The molecule has 1 aromatic heterocycles. The number of anilines is 1. The first kappa shape index (κ1) is 17.2. The van der Waals surface area contributed by atoms with Gasteiger partial charge in [-0.25, -0.2) is 18.7 Å². The lowest BCUT2D eigenvalue weighted by Crippen LogP contribution is -2.36. The van der Waals surface area contributed by atoms with Gasteiger partial charge in [-0.05, 0) is 31.7 Å². The van der Waals surface area contributed by atoms with Gasteiger partial charge in [0, 0.05) is 37.0 Å². The lowest BCUT2D eigenvalue weighted by Gasteiger charge is -2.24. The number of nitrogens with two attached hydrogens (primary N) is 1. The zero-order chi connectivity index (χ0) is 18.0. The number of carbonyl (C=O) groups excluding carboxylic acids is 1. The Hall–Kier alpha value is -2.61. The van der Waals surface area contributed by atoms with Gasteiger partial charge in [-0.3, -0.25) is 9.69 Å². The van der Waals surface area contributed by atoms with Crippen molar-refractivity contribution in [2.24, 2.45) is 0 Å². The molecule has 2 heterocycles. The van der Waals surface area contributed by atoms with Gasteiger partial charge in [-0.1, -0.05) is 0 Å². The van der Waals surface area contributed by atoms with E-state index < -0.39 is 11.6 Å². The number of benzene rings is 1. The maximum absolute atomic E-state index is 13.3. The van der Waals surface area contributed by atoms with E-state index in [2.05, 4.69) is 9.97 Å². The SMILES string of the molecule is CN(Cc1nccc(N)n1)C1CCN(C(=O)c2cc(F)cc(F)c2)C1. The highest BCUT2D eigenvalue weighted by atomic mass is 19.1. The molecule has 0 saturated carbocycles. The standard InChI is InChI=1S/C17H19F2N5O/c1-23(10-16-21-4-2-15(20)22-16)14-3-5-24(9-14)17(25)11-6-12(18)8-13(19)7-11/h2,4,6-8,14H,3,5,9-10H2,1H3,(H2,20,21,22). The summed E-state index contributed by atoms with van der Waals surface area (Å²) in [5, 5.41) is 0. The van der Waals surface area contributed by atoms with E-state index in [4.69, 9.17) is 5.73 Å². The zero-order valence-corrected chi connectivity index (χ0v) is 13.8. The first-order chi connectivity index (χ1) is 11.9. The predicted octanol–water partition coefficient (Wildman–Crippen LogP) is 1.68. The largest absolute Gasteiger partial charge is 0.384 e. The number of hydrogen-bond donors (Lipinski definition) is 1. The summed E-state index contributed by atoms with van der Waals surface area (Å²) in [6.07, 6.45) is 2.37. The average Bonchev–Trinajstić information content (AvgIpc) is 3.03. The van der Waals surface area contributed by atoms with Crippen LogP contribution in [0.2, 0.25) is 0 Å². The Labute approximate surface area is 144 Å². The molecule has 1 aromatic carbocycles. The summed E-state index contributed by atoms with van der Waals surface area (Å²) in [5.74, 6) is -0.853. The third kappa shape index (κ3) is 4.08. The van der Waals surface area contributed by atoms with Crippen LogP contribution in [0.3, 0.4) is 0 Å². The first-order valence-electron chi connectivity index (χ1n) is 7.95. The van der Waals surface area contributed by atoms with E-state index in [1.54, 1.807) is 17.2 Å². The monoisotopic (exact) mass is 347 g/mol. The summed E-state index contributed by atoms with van der Waals surface area (Å²) in [6.45, 7) is 1.52. The molecule has 132 valence electrons. The molecule has 1 amide bonds. The Balaban J connectivity index is 1.63. The summed E-state index contributed by atoms with van der Waals surface area (Å²) in [7, 11) is 1.92. The van der Waals surface area contributed by atoms with E-state index in [9.17, 15) is 13.6 Å². The maximum atomic E-state index is 13.3. The van der Waals surface area contributed by atoms with Crippen molar-refractivity contribution in [2.45, 2.75) is 19.0 Å². The minimum atomic E-state index is -0.755. The lowest BCUT2D eigenvalue weighted by molar-refractivity contribution is 0.0778. The van der Waals surface area contributed by atoms with Crippen molar-refractivity contribution >= 4 is 11.7 Å². The van der Waals surface area contributed by atoms with Gasteiger partial charge in [0.1, 0.15) is 23.3 Å². The fraction of sp³-hybridized carbons (Fsp3) is 0.353. The number of likely N-dealkylation sites (N-methyl/N-ethyl adjacent to an activating group) is 1. The number of likely N-dealkylation sites (tertiary alicyclic amines) is 1. The van der Waals surface area contributed by atoms with Crippen molar-refractivity contribution in [3.8, 4) is 0 Å². The number of rotatable bonds is 4. The molecule has 6 nitrogen and oxygen atoms in total. The molecule has 25 heavy (non-hydrogen) atoms. The third-order valence-corrected chi connectivity index (χ3v) is 4.30. The van der Waals surface area contributed by atoms with Crippen LogP contribution in [0.5, 0.6) is 0 Å². The summed E-state index contributed by atoms with van der Waals surface area (Å²) >= 11 is 0. The number of hydrogen-bond acceptors (Lipinski definition) is 5. The smallest absolute Gasteiger partial charge is 0.254 e. The van der Waals surface area contributed by atoms with Crippen LogP contribution in [-0.4, -0.2) is 51.9 Å². The number of amides is 1. The molecule has 0 bridgehead atoms. The minimum Gasteiger partial charge on any atom is -0.384 e. The van der Waals surface area contributed by atoms with Crippen LogP contribution >= 0.6 is 0 Å². The van der Waals surface area contributed by atoms with Gasteiger partial charge in [0.25, 0.3) is 5.91 Å². The number of carbonyl (C=O) groups is 1. The van der Waals surface area contributed by atoms with Crippen molar-refractivity contribution in [1.29, 1.82) is 0 Å². The second kappa shape index (κ2) is 7.10. The normalized spacial score (nSPS) is 17.3. The Morgan fingerprint density at radius 1 is 1.36 bits per heavy atom. The molecule has 1 unspecified atom stereocenters. The van der Waals surface area contributed by atoms with Crippen LogP contribution in [0.1, 0.15) is 22.6 Å². The molecule has 1 atom stereocenters. The molecule has 0 spiro atoms. The van der Waals surface area contributed by atoms with Crippen LogP contribution in [0.15, 0.2) is 30.5 Å². The van der Waals surface area contributed by atoms with Gasteiger partial charge in [0.05, 0.1) is 6.54 Å². The fourth-order valence-corrected chi connectivity index (χ4v) is 2.99. The predicted molar refractivity (Wildman–Crippen MR) is 88.6 cm³/mol. The summed E-state index contributed by atoms with van der Waals surface area (Å²) in [4.78, 5) is 24.5. The van der Waals surface area contributed by atoms with Crippen molar-refractivity contribution in [3.63, 3.8) is 0 Å². The van der Waals surface area contributed by atoms with Crippen molar-refractivity contribution in [2.75, 3.05) is 25.9 Å². The van der Waals surface area contributed by atoms with Gasteiger partial charge < -0.3 is 10.6 Å². The van der Waals surface area contributed by atoms with Crippen molar-refractivity contribution in [1.82, 2.24) is 19.8 Å². The van der Waals surface area contributed by atoms with Crippen LogP contribution in [0.4, 0.5) is 14.6 Å². The molecule has 8 heteroatoms. The topological polar surface area (TPSA) is 75.4 Å². The molecule has 1 saturated heterocycles. The molecule has 0 radical (unpaired) electrons. The highest BCUT2D eigenvalue weighted by Crippen LogP contribution is 2.19. The second-order valence-electron chi connectivity index (χ2n) is 6.16. The van der Waals surface area contributed by atoms with Gasteiger partial charge in [-0.15, -0.1) is 0 Å². The van der Waals surface area contributed by atoms with Crippen molar-refractivity contribution < 1.29 is 13.6 Å². The van der Waals surface area contributed by atoms with E-state index in [1.807, 2.05) is 11.9 Å². The molecule has 1 aliphatic heterocycles. The van der Waals surface area contributed by atoms with E-state index in [0.29, 0.717) is 31.3 Å². The van der Waals surface area contributed by atoms with Crippen LogP contribution in [-0.2, 0) is 6.54 Å². The number of nitrogens with zero attached hydrogens (tertiary/aromatic N) is 4. The van der Waals surface area contributed by atoms with Crippen LogP contribution in [0.25, 0.3) is 0 Å². The van der Waals surface area contributed by atoms with Gasteiger partial charge in [0.15, 0.2) is 0 Å². The van der Waals surface area contributed by atoms with E-state index >= 15 is 0 Å². The van der Waals surface area contributed by atoms with Crippen LogP contribution in [0, 0.1) is 11.6 Å². The highest BCUT2D eigenvalue weighted by Gasteiger charge is 2.30. The Morgan fingerprint density at radius 3 is 2.76 bits per heavy atom. The quantitative estimate of drug-likeness (QED) is 0.911. The summed E-state index contributed by atoms with van der Waals surface area (Å²) < 4.78 is 26.6. The Kier molecular flexibility index (Phi) is 4.89. The summed E-state index contributed by atoms with van der Waals surface area (Å²) in [5.41, 5.74) is 5.68. The first-order valence-corrected chi connectivity index (χ1v) is 7.95. The number of aromatic nitrogens is 2. The lowest BCUT2D eigenvalue weighted by atomic mass is 10.2. The molecular formula is C17H19F2N5O. The summed E-state index contributed by atoms with van der Waals surface area (Å²) in [6, 6.07) is 4.61. The van der Waals surface area contributed by atoms with E-state index in [-0.39, 0.29) is 17.5 Å². The number of nitrogen functional groups attached to an aromatic ring is 1. The Bertz CT molecular complexity index is 765. The maximum Gasteiger partial charge on any atom is 0.254 e. The molecule has 1 aliphatic rings. The van der Waals surface area contributed by atoms with Crippen molar-refractivity contribution in [3.05, 3.63) is 53.5 Å². The van der Waals surface area contributed by atoms with Gasteiger partial charge >= 0.3 is 0 Å². The molecule has 0 aliphatic carbocycles. The van der Waals surface area contributed by atoms with Gasteiger partial charge in [-0.2, -0.15) is 0 Å². The zero-order valence-electron chi connectivity index (χ0n) is 13.8. The second-order valence-corrected chi connectivity index (χ2v) is 6.16. The fourth-order valence-electron chi connectivity index (χ4n) is 2.99. The molecule has 2 N–H and O–H groups in total. The average molecular weight is 347 g/mol. The molecule has 3 rings (SSSR count).